The maximum Gasteiger partial charge on any atom is 0.244 e. The largest absolute Gasteiger partial charge is 0.326 e. The van der Waals surface area contributed by atoms with E-state index in [4.69, 9.17) is 5.73 Å². The van der Waals surface area contributed by atoms with Crippen LogP contribution in [0.2, 0.25) is 0 Å². The van der Waals surface area contributed by atoms with Crippen LogP contribution >= 0.6 is 0 Å². The van der Waals surface area contributed by atoms with Crippen molar-refractivity contribution in [3.05, 3.63) is 23.8 Å². The number of benzene rings is 1. The van der Waals surface area contributed by atoms with Crippen LogP contribution in [0, 0.1) is 6.92 Å². The summed E-state index contributed by atoms with van der Waals surface area (Å²) in [4.78, 5) is 23.4. The third kappa shape index (κ3) is 2.99. The van der Waals surface area contributed by atoms with Crippen LogP contribution in [0.5, 0.6) is 0 Å². The molecule has 108 valence electrons. The van der Waals surface area contributed by atoms with Gasteiger partial charge in [0.1, 0.15) is 0 Å². The third-order valence-electron chi connectivity index (χ3n) is 3.84. The summed E-state index contributed by atoms with van der Waals surface area (Å²) in [6, 6.07) is 5.42. The van der Waals surface area contributed by atoms with Gasteiger partial charge < -0.3 is 16.4 Å². The molecule has 0 unspecified atom stereocenters. The molecule has 0 radical (unpaired) electrons. The number of nitrogens with one attached hydrogen (secondary N) is 2. The number of carbonyl (C=O) groups is 2. The molecule has 5 heteroatoms. The highest BCUT2D eigenvalue weighted by Gasteiger charge is 2.37. The van der Waals surface area contributed by atoms with Gasteiger partial charge in [0.05, 0.1) is 5.54 Å². The highest BCUT2D eigenvalue weighted by molar-refractivity contribution is 6.00. The van der Waals surface area contributed by atoms with E-state index >= 15 is 0 Å². The van der Waals surface area contributed by atoms with E-state index in [1.807, 2.05) is 13.0 Å². The Hall–Kier alpha value is -1.88. The smallest absolute Gasteiger partial charge is 0.244 e. The molecule has 5 nitrogen and oxygen atoms in total. The Kier molecular flexibility index (Phi) is 4.09. The summed E-state index contributed by atoms with van der Waals surface area (Å²) in [5.41, 5.74) is 7.61. The zero-order valence-corrected chi connectivity index (χ0v) is 12.0. The SMILES string of the molecule is CC(=O)Nc1cccc(NC(=O)C2(N)CCCC2)c1C. The molecule has 0 spiro atoms. The maximum absolute atomic E-state index is 12.3. The van der Waals surface area contributed by atoms with Crippen LogP contribution < -0.4 is 16.4 Å². The van der Waals surface area contributed by atoms with Crippen molar-refractivity contribution >= 4 is 23.2 Å². The number of amides is 2. The molecule has 1 aliphatic rings. The first-order chi connectivity index (χ1) is 9.42. The van der Waals surface area contributed by atoms with Crippen molar-refractivity contribution in [3.8, 4) is 0 Å². The number of hydrogen-bond donors (Lipinski definition) is 3. The topological polar surface area (TPSA) is 84.2 Å². The van der Waals surface area contributed by atoms with Gasteiger partial charge in [0.25, 0.3) is 0 Å². The molecule has 0 aliphatic heterocycles. The number of rotatable bonds is 3. The Labute approximate surface area is 118 Å². The van der Waals surface area contributed by atoms with Gasteiger partial charge >= 0.3 is 0 Å². The predicted molar refractivity (Wildman–Crippen MR) is 79.5 cm³/mol. The van der Waals surface area contributed by atoms with Crippen LogP contribution in [0.4, 0.5) is 11.4 Å². The van der Waals surface area contributed by atoms with Gasteiger partial charge in [-0.05, 0) is 37.5 Å². The monoisotopic (exact) mass is 275 g/mol. The molecule has 2 rings (SSSR count). The fourth-order valence-electron chi connectivity index (χ4n) is 2.58. The van der Waals surface area contributed by atoms with E-state index in [1.54, 1.807) is 12.1 Å². The lowest BCUT2D eigenvalue weighted by atomic mass is 9.97. The Balaban J connectivity index is 2.17. The summed E-state index contributed by atoms with van der Waals surface area (Å²) < 4.78 is 0. The molecule has 1 aromatic carbocycles. The lowest BCUT2D eigenvalue weighted by Gasteiger charge is -2.23. The van der Waals surface area contributed by atoms with Gasteiger partial charge in [-0.1, -0.05) is 18.9 Å². The molecule has 2 amide bonds. The van der Waals surface area contributed by atoms with E-state index in [2.05, 4.69) is 10.6 Å². The minimum Gasteiger partial charge on any atom is -0.326 e. The van der Waals surface area contributed by atoms with E-state index in [0.717, 1.165) is 31.2 Å². The van der Waals surface area contributed by atoms with Gasteiger partial charge in [-0.2, -0.15) is 0 Å². The number of anilines is 2. The molecule has 0 bridgehead atoms. The van der Waals surface area contributed by atoms with Gasteiger partial charge in [0.2, 0.25) is 11.8 Å². The zero-order chi connectivity index (χ0) is 14.8. The molecular weight excluding hydrogens is 254 g/mol. The van der Waals surface area contributed by atoms with Crippen LogP contribution in [0.25, 0.3) is 0 Å². The van der Waals surface area contributed by atoms with Crippen molar-refractivity contribution in [2.24, 2.45) is 5.73 Å². The summed E-state index contributed by atoms with van der Waals surface area (Å²) in [5.74, 6) is -0.277. The van der Waals surface area contributed by atoms with Crippen LogP contribution in [0.15, 0.2) is 18.2 Å². The second-order valence-electron chi connectivity index (χ2n) is 5.48. The molecule has 0 saturated heterocycles. The predicted octanol–water partition coefficient (Wildman–Crippen LogP) is 2.16. The second-order valence-corrected chi connectivity index (χ2v) is 5.48. The molecule has 0 atom stereocenters. The summed E-state index contributed by atoms with van der Waals surface area (Å²) in [5, 5.41) is 5.64. The van der Waals surface area contributed by atoms with E-state index in [9.17, 15) is 9.59 Å². The first-order valence-corrected chi connectivity index (χ1v) is 6.90. The fourth-order valence-corrected chi connectivity index (χ4v) is 2.58. The van der Waals surface area contributed by atoms with Crippen molar-refractivity contribution in [2.45, 2.75) is 45.1 Å². The molecule has 1 aliphatic carbocycles. The number of carbonyl (C=O) groups excluding carboxylic acids is 2. The third-order valence-corrected chi connectivity index (χ3v) is 3.84. The standard InChI is InChI=1S/C15H21N3O2/c1-10-12(17-11(2)19)6-5-7-13(10)18-14(20)15(16)8-3-4-9-15/h5-7H,3-4,8-9,16H2,1-2H3,(H,17,19)(H,18,20). The average molecular weight is 275 g/mol. The highest BCUT2D eigenvalue weighted by Crippen LogP contribution is 2.30. The van der Waals surface area contributed by atoms with Crippen molar-refractivity contribution in [2.75, 3.05) is 10.6 Å². The summed E-state index contributed by atoms with van der Waals surface area (Å²) in [6.07, 6.45) is 3.44. The Morgan fingerprint density at radius 2 is 1.70 bits per heavy atom. The van der Waals surface area contributed by atoms with E-state index in [1.165, 1.54) is 6.92 Å². The van der Waals surface area contributed by atoms with E-state index < -0.39 is 5.54 Å². The maximum atomic E-state index is 12.3. The molecule has 0 aromatic heterocycles. The van der Waals surface area contributed by atoms with Gasteiger partial charge in [-0.3, -0.25) is 9.59 Å². The Morgan fingerprint density at radius 1 is 1.15 bits per heavy atom. The average Bonchev–Trinajstić information content (AvgIpc) is 2.82. The second kappa shape index (κ2) is 5.63. The van der Waals surface area contributed by atoms with Crippen LogP contribution in [0.1, 0.15) is 38.2 Å². The summed E-state index contributed by atoms with van der Waals surface area (Å²) >= 11 is 0. The van der Waals surface area contributed by atoms with Crippen molar-refractivity contribution in [3.63, 3.8) is 0 Å². The number of nitrogens with two attached hydrogens (primary N) is 1. The van der Waals surface area contributed by atoms with Gasteiger partial charge in [0, 0.05) is 18.3 Å². The molecule has 0 heterocycles. The quantitative estimate of drug-likeness (QED) is 0.790. The van der Waals surface area contributed by atoms with Crippen LogP contribution in [-0.2, 0) is 9.59 Å². The lowest BCUT2D eigenvalue weighted by Crippen LogP contribution is -2.48. The minimum atomic E-state index is -0.754. The highest BCUT2D eigenvalue weighted by atomic mass is 16.2. The summed E-state index contributed by atoms with van der Waals surface area (Å²) in [6.45, 7) is 3.32. The van der Waals surface area contributed by atoms with E-state index in [-0.39, 0.29) is 11.8 Å². The van der Waals surface area contributed by atoms with E-state index in [0.29, 0.717) is 11.4 Å². The van der Waals surface area contributed by atoms with Crippen LogP contribution in [0.3, 0.4) is 0 Å². The van der Waals surface area contributed by atoms with Crippen molar-refractivity contribution < 1.29 is 9.59 Å². The summed E-state index contributed by atoms with van der Waals surface area (Å²) in [7, 11) is 0. The Morgan fingerprint density at radius 3 is 2.25 bits per heavy atom. The van der Waals surface area contributed by atoms with Crippen molar-refractivity contribution in [1.82, 2.24) is 0 Å². The molecule has 20 heavy (non-hydrogen) atoms. The van der Waals surface area contributed by atoms with Crippen LogP contribution in [-0.4, -0.2) is 17.4 Å². The Bertz CT molecular complexity index is 534. The van der Waals surface area contributed by atoms with Gasteiger partial charge in [0.15, 0.2) is 0 Å². The first-order valence-electron chi connectivity index (χ1n) is 6.90. The van der Waals surface area contributed by atoms with Gasteiger partial charge in [-0.25, -0.2) is 0 Å². The molecule has 1 fully saturated rings. The lowest BCUT2D eigenvalue weighted by molar-refractivity contribution is -0.121. The molecule has 1 saturated carbocycles. The molecule has 4 N–H and O–H groups in total. The molecular formula is C15H21N3O2. The van der Waals surface area contributed by atoms with Gasteiger partial charge in [-0.15, -0.1) is 0 Å². The fraction of sp³-hybridized carbons (Fsp3) is 0.467. The molecule has 1 aromatic rings. The van der Waals surface area contributed by atoms with Crippen molar-refractivity contribution in [1.29, 1.82) is 0 Å². The minimum absolute atomic E-state index is 0.136. The normalized spacial score (nSPS) is 16.8. The number of hydrogen-bond acceptors (Lipinski definition) is 3. The first kappa shape index (κ1) is 14.5. The zero-order valence-electron chi connectivity index (χ0n) is 12.0.